The summed E-state index contributed by atoms with van der Waals surface area (Å²) < 4.78 is 15.8. The van der Waals surface area contributed by atoms with Crippen LogP contribution in [0.2, 0.25) is 0 Å². The molecule has 0 saturated carbocycles. The van der Waals surface area contributed by atoms with E-state index in [2.05, 4.69) is 5.32 Å². The maximum atomic E-state index is 13.1. The van der Waals surface area contributed by atoms with Crippen molar-refractivity contribution >= 4 is 17.2 Å². The number of Topliss-reactive ketones (excluding diaryl/α,β-unsaturated/α-hetero) is 1. The van der Waals surface area contributed by atoms with Gasteiger partial charge < -0.3 is 19.5 Å². The second kappa shape index (κ2) is 10.3. The van der Waals surface area contributed by atoms with E-state index in [9.17, 15) is 14.9 Å². The zero-order valence-corrected chi connectivity index (χ0v) is 18.0. The molecule has 166 valence electrons. The molecular formula is C24H24N2O6. The van der Waals surface area contributed by atoms with Crippen LogP contribution in [0.1, 0.15) is 28.4 Å². The number of nitrogens with one attached hydrogen (secondary N) is 1. The Kier molecular flexibility index (Phi) is 7.28. The van der Waals surface area contributed by atoms with Crippen molar-refractivity contribution in [3.63, 3.8) is 0 Å². The summed E-state index contributed by atoms with van der Waals surface area (Å²) in [6.45, 7) is 0. The van der Waals surface area contributed by atoms with Crippen LogP contribution in [-0.2, 0) is 0 Å². The molecule has 3 rings (SSSR count). The highest BCUT2D eigenvalue weighted by Crippen LogP contribution is 2.31. The van der Waals surface area contributed by atoms with Crippen LogP contribution in [0.5, 0.6) is 17.2 Å². The Morgan fingerprint density at radius 3 is 2.12 bits per heavy atom. The second-order valence-electron chi connectivity index (χ2n) is 6.97. The van der Waals surface area contributed by atoms with Crippen molar-refractivity contribution in [1.29, 1.82) is 0 Å². The monoisotopic (exact) mass is 436 g/mol. The molecule has 0 amide bonds. The van der Waals surface area contributed by atoms with Gasteiger partial charge in [0.2, 0.25) is 0 Å². The van der Waals surface area contributed by atoms with E-state index in [1.807, 2.05) is 24.3 Å². The second-order valence-corrected chi connectivity index (χ2v) is 6.97. The van der Waals surface area contributed by atoms with Gasteiger partial charge in [0.25, 0.3) is 5.69 Å². The van der Waals surface area contributed by atoms with E-state index in [0.717, 1.165) is 5.56 Å². The van der Waals surface area contributed by atoms with Crippen LogP contribution in [-0.4, -0.2) is 32.0 Å². The third-order valence-corrected chi connectivity index (χ3v) is 5.03. The maximum absolute atomic E-state index is 13.1. The van der Waals surface area contributed by atoms with E-state index in [-0.39, 0.29) is 23.9 Å². The Balaban J connectivity index is 1.87. The number of ketones is 1. The van der Waals surface area contributed by atoms with Crippen molar-refractivity contribution in [2.75, 3.05) is 26.6 Å². The molecule has 8 nitrogen and oxygen atoms in total. The summed E-state index contributed by atoms with van der Waals surface area (Å²) in [5.41, 5.74) is 2.03. The number of benzene rings is 3. The fourth-order valence-corrected chi connectivity index (χ4v) is 3.28. The number of carbonyl (C=O) groups is 1. The predicted molar refractivity (Wildman–Crippen MR) is 121 cm³/mol. The van der Waals surface area contributed by atoms with Crippen LogP contribution < -0.4 is 19.5 Å². The molecule has 0 aliphatic carbocycles. The summed E-state index contributed by atoms with van der Waals surface area (Å²) >= 11 is 0. The lowest BCUT2D eigenvalue weighted by molar-refractivity contribution is -0.384. The Hall–Kier alpha value is -4.07. The van der Waals surface area contributed by atoms with Gasteiger partial charge in [0, 0.05) is 29.8 Å². The van der Waals surface area contributed by atoms with Crippen LogP contribution in [0.25, 0.3) is 0 Å². The third-order valence-electron chi connectivity index (χ3n) is 5.03. The van der Waals surface area contributed by atoms with Crippen LogP contribution in [0.4, 0.5) is 11.4 Å². The molecule has 0 aliphatic rings. The highest BCUT2D eigenvalue weighted by atomic mass is 16.6. The number of hydrogen-bond donors (Lipinski definition) is 1. The predicted octanol–water partition coefficient (Wildman–Crippen LogP) is 5.05. The van der Waals surface area contributed by atoms with Crippen molar-refractivity contribution < 1.29 is 23.9 Å². The maximum Gasteiger partial charge on any atom is 0.269 e. The fraction of sp³-hybridized carbons (Fsp3) is 0.208. The molecule has 3 aromatic carbocycles. The minimum atomic E-state index is -0.453. The van der Waals surface area contributed by atoms with E-state index in [4.69, 9.17) is 14.2 Å². The molecule has 3 aromatic rings. The van der Waals surface area contributed by atoms with Gasteiger partial charge in [-0.1, -0.05) is 12.1 Å². The smallest absolute Gasteiger partial charge is 0.269 e. The summed E-state index contributed by atoms with van der Waals surface area (Å²) in [4.78, 5) is 23.6. The first kappa shape index (κ1) is 22.6. The van der Waals surface area contributed by atoms with Crippen molar-refractivity contribution in [2.45, 2.75) is 12.5 Å². The molecule has 32 heavy (non-hydrogen) atoms. The van der Waals surface area contributed by atoms with Crippen molar-refractivity contribution in [3.8, 4) is 17.2 Å². The van der Waals surface area contributed by atoms with Gasteiger partial charge in [0.1, 0.15) is 5.75 Å². The lowest BCUT2D eigenvalue weighted by Crippen LogP contribution is -2.16. The molecule has 0 aliphatic heterocycles. The lowest BCUT2D eigenvalue weighted by Gasteiger charge is -2.20. The minimum Gasteiger partial charge on any atom is -0.497 e. The van der Waals surface area contributed by atoms with Gasteiger partial charge in [0.05, 0.1) is 32.3 Å². The summed E-state index contributed by atoms with van der Waals surface area (Å²) in [6, 6.07) is 18.1. The molecule has 1 unspecified atom stereocenters. The minimum absolute atomic E-state index is 0.00190. The number of rotatable bonds is 10. The van der Waals surface area contributed by atoms with E-state index >= 15 is 0 Å². The zero-order chi connectivity index (χ0) is 23.1. The van der Waals surface area contributed by atoms with E-state index < -0.39 is 4.92 Å². The van der Waals surface area contributed by atoms with Gasteiger partial charge in [-0.25, -0.2) is 0 Å². The van der Waals surface area contributed by atoms with Crippen molar-refractivity contribution in [1.82, 2.24) is 0 Å². The Labute approximate surface area is 185 Å². The van der Waals surface area contributed by atoms with Gasteiger partial charge in [-0.3, -0.25) is 14.9 Å². The van der Waals surface area contributed by atoms with Crippen LogP contribution >= 0.6 is 0 Å². The first-order valence-electron chi connectivity index (χ1n) is 9.85. The number of nitro groups is 1. The number of nitrogens with zero attached hydrogens (tertiary/aromatic N) is 1. The quantitative estimate of drug-likeness (QED) is 0.270. The lowest BCUT2D eigenvalue weighted by atomic mass is 9.97. The summed E-state index contributed by atoms with van der Waals surface area (Å²) in [7, 11) is 4.64. The highest BCUT2D eigenvalue weighted by molar-refractivity contribution is 5.97. The highest BCUT2D eigenvalue weighted by Gasteiger charge is 2.19. The molecule has 0 bridgehead atoms. The topological polar surface area (TPSA) is 99.9 Å². The first-order valence-corrected chi connectivity index (χ1v) is 9.85. The van der Waals surface area contributed by atoms with Crippen LogP contribution in [0.15, 0.2) is 66.7 Å². The summed E-state index contributed by atoms with van der Waals surface area (Å²) in [5, 5.41) is 14.2. The number of nitro benzene ring substituents is 1. The van der Waals surface area contributed by atoms with Crippen LogP contribution in [0.3, 0.4) is 0 Å². The number of anilines is 1. The normalized spacial score (nSPS) is 11.3. The van der Waals surface area contributed by atoms with Gasteiger partial charge in [-0.05, 0) is 48.0 Å². The third kappa shape index (κ3) is 5.34. The molecule has 0 fully saturated rings. The Bertz CT molecular complexity index is 1080. The number of hydrogen-bond acceptors (Lipinski definition) is 7. The SMILES string of the molecule is COc1ccc(C(CC(=O)c2ccc(OC)c(OC)c2)Nc2ccc([N+](=O)[O-])cc2)cc1. The number of methoxy groups -OCH3 is 3. The largest absolute Gasteiger partial charge is 0.497 e. The van der Waals surface area contributed by atoms with Gasteiger partial charge in [-0.15, -0.1) is 0 Å². The van der Waals surface area contributed by atoms with E-state index in [0.29, 0.717) is 28.5 Å². The number of ether oxygens (including phenoxy) is 3. The zero-order valence-electron chi connectivity index (χ0n) is 18.0. The standard InChI is InChI=1S/C24H24N2O6/c1-30-20-11-4-16(5-12-20)21(25-18-7-9-19(10-8-18)26(28)29)15-22(27)17-6-13-23(31-2)24(14-17)32-3/h4-14,21,25H,15H2,1-3H3. The Morgan fingerprint density at radius 2 is 1.56 bits per heavy atom. The molecule has 8 heteroatoms. The van der Waals surface area contributed by atoms with Crippen molar-refractivity contribution in [2.24, 2.45) is 0 Å². The van der Waals surface area contributed by atoms with E-state index in [1.165, 1.54) is 26.4 Å². The van der Waals surface area contributed by atoms with Crippen LogP contribution in [0, 0.1) is 10.1 Å². The fourth-order valence-electron chi connectivity index (χ4n) is 3.28. The molecule has 0 radical (unpaired) electrons. The average Bonchev–Trinajstić information content (AvgIpc) is 2.83. The van der Waals surface area contributed by atoms with Gasteiger partial charge in [0.15, 0.2) is 17.3 Å². The number of carbonyl (C=O) groups excluding carboxylic acids is 1. The van der Waals surface area contributed by atoms with Crippen molar-refractivity contribution in [3.05, 3.63) is 88.0 Å². The number of non-ortho nitro benzene ring substituents is 1. The Morgan fingerprint density at radius 1 is 0.906 bits per heavy atom. The summed E-state index contributed by atoms with van der Waals surface area (Å²) in [5.74, 6) is 1.62. The van der Waals surface area contributed by atoms with E-state index in [1.54, 1.807) is 37.4 Å². The van der Waals surface area contributed by atoms with Gasteiger partial charge in [-0.2, -0.15) is 0 Å². The molecule has 0 spiro atoms. The molecule has 0 heterocycles. The average molecular weight is 436 g/mol. The molecule has 1 atom stereocenters. The van der Waals surface area contributed by atoms with Gasteiger partial charge >= 0.3 is 0 Å². The molecular weight excluding hydrogens is 412 g/mol. The molecule has 0 saturated heterocycles. The molecule has 1 N–H and O–H groups in total. The first-order chi connectivity index (χ1) is 15.4. The molecule has 0 aromatic heterocycles. The summed E-state index contributed by atoms with van der Waals surface area (Å²) in [6.07, 6.45) is 0.152.